The van der Waals surface area contributed by atoms with Gasteiger partial charge in [0.15, 0.2) is 0 Å². The maximum atomic E-state index is 5.32. The molecule has 2 rings (SSSR count). The monoisotopic (exact) mass is 185 g/mol. The van der Waals surface area contributed by atoms with E-state index < -0.39 is 0 Å². The largest absolute Gasteiger partial charge is 0.465 e. The number of aryl methyl sites for hydroxylation is 1. The van der Waals surface area contributed by atoms with E-state index in [1.165, 1.54) is 6.26 Å². The van der Waals surface area contributed by atoms with Crippen molar-refractivity contribution < 1.29 is 4.74 Å². The molecule has 0 aliphatic carbocycles. The molecule has 0 amide bonds. The highest BCUT2D eigenvalue weighted by Gasteiger charge is 2.02. The number of rotatable bonds is 2. The van der Waals surface area contributed by atoms with Crippen molar-refractivity contribution in [2.24, 2.45) is 0 Å². The molecule has 0 atom stereocenters. The molecule has 14 heavy (non-hydrogen) atoms. The maximum absolute atomic E-state index is 5.32. The van der Waals surface area contributed by atoms with Gasteiger partial charge in [0.25, 0.3) is 0 Å². The second-order valence-corrected chi connectivity index (χ2v) is 3.06. The van der Waals surface area contributed by atoms with Crippen molar-refractivity contribution >= 4 is 10.9 Å². The molecule has 0 N–H and O–H groups in total. The predicted molar refractivity (Wildman–Crippen MR) is 57.3 cm³/mol. The van der Waals surface area contributed by atoms with Crippen LogP contribution in [0.5, 0.6) is 5.75 Å². The smallest absolute Gasteiger partial charge is 0.137 e. The van der Waals surface area contributed by atoms with Crippen molar-refractivity contribution in [2.45, 2.75) is 6.92 Å². The van der Waals surface area contributed by atoms with Gasteiger partial charge in [0.05, 0.1) is 11.8 Å². The quantitative estimate of drug-likeness (QED) is 0.671. The minimum atomic E-state index is 0.808. The highest BCUT2D eigenvalue weighted by molar-refractivity contribution is 5.85. The van der Waals surface area contributed by atoms with E-state index in [1.807, 2.05) is 37.3 Å². The number of benzene rings is 1. The molecular formula is C12H11NO. The highest BCUT2D eigenvalue weighted by Crippen LogP contribution is 2.24. The molecule has 0 fully saturated rings. The van der Waals surface area contributed by atoms with E-state index >= 15 is 0 Å². The van der Waals surface area contributed by atoms with Gasteiger partial charge in [-0.05, 0) is 19.1 Å². The molecular weight excluding hydrogens is 174 g/mol. The highest BCUT2D eigenvalue weighted by atomic mass is 16.5. The molecule has 1 aromatic heterocycles. The lowest BCUT2D eigenvalue weighted by Crippen LogP contribution is -1.88. The number of pyridine rings is 1. The van der Waals surface area contributed by atoms with Crippen LogP contribution in [0.4, 0.5) is 0 Å². The molecule has 0 saturated carbocycles. The van der Waals surface area contributed by atoms with Crippen LogP contribution < -0.4 is 4.74 Å². The normalized spacial score (nSPS) is 10.1. The predicted octanol–water partition coefficient (Wildman–Crippen LogP) is 3.07. The van der Waals surface area contributed by atoms with Gasteiger partial charge in [0.1, 0.15) is 5.75 Å². The molecule has 2 aromatic rings. The Hall–Kier alpha value is -1.83. The summed E-state index contributed by atoms with van der Waals surface area (Å²) in [4.78, 5) is 4.40. The number of para-hydroxylation sites is 1. The molecule has 70 valence electrons. The Kier molecular flexibility index (Phi) is 2.19. The third-order valence-electron chi connectivity index (χ3n) is 2.02. The zero-order valence-corrected chi connectivity index (χ0v) is 8.03. The van der Waals surface area contributed by atoms with Gasteiger partial charge >= 0.3 is 0 Å². The summed E-state index contributed by atoms with van der Waals surface area (Å²) in [6.07, 6.45) is 1.43. The fourth-order valence-corrected chi connectivity index (χ4v) is 1.46. The lowest BCUT2D eigenvalue weighted by atomic mass is 10.2. The van der Waals surface area contributed by atoms with Crippen LogP contribution in [0.15, 0.2) is 43.2 Å². The summed E-state index contributed by atoms with van der Waals surface area (Å²) in [6.45, 7) is 5.50. The Labute approximate surface area is 82.9 Å². The molecule has 0 bridgehead atoms. The molecule has 1 aromatic carbocycles. The van der Waals surface area contributed by atoms with Gasteiger partial charge < -0.3 is 4.74 Å². The van der Waals surface area contributed by atoms with Crippen LogP contribution in [-0.2, 0) is 0 Å². The minimum absolute atomic E-state index is 0.808. The van der Waals surface area contributed by atoms with E-state index in [4.69, 9.17) is 4.74 Å². The van der Waals surface area contributed by atoms with Crippen LogP contribution in [0, 0.1) is 6.92 Å². The number of ether oxygens (including phenoxy) is 1. The third-order valence-corrected chi connectivity index (χ3v) is 2.02. The second kappa shape index (κ2) is 3.50. The van der Waals surface area contributed by atoms with Crippen LogP contribution in [0.25, 0.3) is 10.9 Å². The van der Waals surface area contributed by atoms with E-state index in [2.05, 4.69) is 11.6 Å². The summed E-state index contributed by atoms with van der Waals surface area (Å²) in [5, 5.41) is 1.01. The molecule has 0 saturated heterocycles. The van der Waals surface area contributed by atoms with Gasteiger partial charge in [-0.25, -0.2) is 0 Å². The fraction of sp³-hybridized carbons (Fsp3) is 0.0833. The SMILES string of the molecule is C=COc1cc(C)nc2ccccc12. The van der Waals surface area contributed by atoms with Crippen LogP contribution in [-0.4, -0.2) is 4.98 Å². The van der Waals surface area contributed by atoms with Gasteiger partial charge in [-0.2, -0.15) is 0 Å². The topological polar surface area (TPSA) is 22.1 Å². The number of hydrogen-bond donors (Lipinski definition) is 0. The van der Waals surface area contributed by atoms with E-state index in [0.29, 0.717) is 0 Å². The average Bonchev–Trinajstić information content (AvgIpc) is 2.18. The zero-order chi connectivity index (χ0) is 9.97. The summed E-state index contributed by atoms with van der Waals surface area (Å²) < 4.78 is 5.32. The number of fused-ring (bicyclic) bond motifs is 1. The summed E-state index contributed by atoms with van der Waals surface area (Å²) in [5.41, 5.74) is 1.89. The first-order chi connectivity index (χ1) is 6.81. The van der Waals surface area contributed by atoms with Crippen molar-refractivity contribution in [1.82, 2.24) is 4.98 Å². The van der Waals surface area contributed by atoms with E-state index in [1.54, 1.807) is 0 Å². The van der Waals surface area contributed by atoms with Crippen LogP contribution in [0.2, 0.25) is 0 Å². The second-order valence-electron chi connectivity index (χ2n) is 3.06. The Morgan fingerprint density at radius 2 is 2.14 bits per heavy atom. The Morgan fingerprint density at radius 1 is 1.36 bits per heavy atom. The summed E-state index contributed by atoms with van der Waals surface area (Å²) in [5.74, 6) is 0.808. The number of nitrogens with zero attached hydrogens (tertiary/aromatic N) is 1. The van der Waals surface area contributed by atoms with Crippen molar-refractivity contribution in [3.8, 4) is 5.75 Å². The number of hydrogen-bond acceptors (Lipinski definition) is 2. The lowest BCUT2D eigenvalue weighted by Gasteiger charge is -2.05. The molecule has 0 aliphatic rings. The average molecular weight is 185 g/mol. The van der Waals surface area contributed by atoms with E-state index in [-0.39, 0.29) is 0 Å². The van der Waals surface area contributed by atoms with Gasteiger partial charge in [0, 0.05) is 17.1 Å². The van der Waals surface area contributed by atoms with Crippen LogP contribution in [0.3, 0.4) is 0 Å². The van der Waals surface area contributed by atoms with Crippen LogP contribution in [0.1, 0.15) is 5.69 Å². The molecule has 0 aliphatic heterocycles. The third kappa shape index (κ3) is 1.46. The fourth-order valence-electron chi connectivity index (χ4n) is 1.46. The first kappa shape index (κ1) is 8.75. The van der Waals surface area contributed by atoms with Crippen molar-refractivity contribution in [3.05, 3.63) is 48.9 Å². The summed E-state index contributed by atoms with van der Waals surface area (Å²) >= 11 is 0. The molecule has 2 heteroatoms. The molecule has 0 radical (unpaired) electrons. The minimum Gasteiger partial charge on any atom is -0.465 e. The van der Waals surface area contributed by atoms with E-state index in [9.17, 15) is 0 Å². The molecule has 0 unspecified atom stereocenters. The summed E-state index contributed by atoms with van der Waals surface area (Å²) in [6, 6.07) is 9.80. The first-order valence-corrected chi connectivity index (χ1v) is 4.45. The van der Waals surface area contributed by atoms with Gasteiger partial charge in [-0.1, -0.05) is 18.7 Å². The molecule has 1 heterocycles. The van der Waals surface area contributed by atoms with Crippen molar-refractivity contribution in [1.29, 1.82) is 0 Å². The summed E-state index contributed by atoms with van der Waals surface area (Å²) in [7, 11) is 0. The Morgan fingerprint density at radius 3 is 2.93 bits per heavy atom. The standard InChI is InChI=1S/C12H11NO/c1-3-14-12-8-9(2)13-11-7-5-4-6-10(11)12/h3-8H,1H2,2H3. The lowest BCUT2D eigenvalue weighted by molar-refractivity contribution is 0.488. The van der Waals surface area contributed by atoms with Crippen molar-refractivity contribution in [2.75, 3.05) is 0 Å². The van der Waals surface area contributed by atoms with Crippen molar-refractivity contribution in [3.63, 3.8) is 0 Å². The van der Waals surface area contributed by atoms with Gasteiger partial charge in [-0.3, -0.25) is 4.98 Å². The van der Waals surface area contributed by atoms with Crippen LogP contribution >= 0.6 is 0 Å². The maximum Gasteiger partial charge on any atom is 0.137 e. The zero-order valence-electron chi connectivity index (χ0n) is 8.03. The molecule has 2 nitrogen and oxygen atoms in total. The molecule has 0 spiro atoms. The van der Waals surface area contributed by atoms with Gasteiger partial charge in [-0.15, -0.1) is 0 Å². The first-order valence-electron chi connectivity index (χ1n) is 4.45. The Balaban J connectivity index is 2.73. The Bertz CT molecular complexity index is 477. The number of aromatic nitrogens is 1. The van der Waals surface area contributed by atoms with Gasteiger partial charge in [0.2, 0.25) is 0 Å². The van der Waals surface area contributed by atoms with E-state index in [0.717, 1.165) is 22.3 Å².